The molecular weight excluding hydrogens is 412 g/mol. The highest BCUT2D eigenvalue weighted by molar-refractivity contribution is 6.06. The van der Waals surface area contributed by atoms with Crippen molar-refractivity contribution < 1.29 is 10.2 Å². The minimum absolute atomic E-state index is 0.126. The molecule has 0 saturated carbocycles. The van der Waals surface area contributed by atoms with E-state index < -0.39 is 0 Å². The molecule has 0 aliphatic carbocycles. The highest BCUT2D eigenvalue weighted by Crippen LogP contribution is 2.31. The van der Waals surface area contributed by atoms with Crippen LogP contribution in [0.15, 0.2) is 67.8 Å². The smallest absolute Gasteiger partial charge is 0.157 e. The fourth-order valence-electron chi connectivity index (χ4n) is 3.45. The number of hydrogen-bond donors (Lipinski definition) is 3. The van der Waals surface area contributed by atoms with Crippen molar-refractivity contribution in [2.45, 2.75) is 46.6 Å². The third-order valence-corrected chi connectivity index (χ3v) is 4.99. The number of benzene rings is 2. The number of aromatic hydroxyl groups is 2. The minimum Gasteiger partial charge on any atom is -0.504 e. The Bertz CT molecular complexity index is 1220. The molecular formula is C27H34N4O2. The van der Waals surface area contributed by atoms with Crippen molar-refractivity contribution in [2.75, 3.05) is 5.73 Å². The maximum absolute atomic E-state index is 9.86. The topological polar surface area (TPSA) is 97.2 Å². The van der Waals surface area contributed by atoms with Crippen LogP contribution >= 0.6 is 0 Å². The average molecular weight is 447 g/mol. The summed E-state index contributed by atoms with van der Waals surface area (Å²) in [6.45, 7) is 13.4. The summed E-state index contributed by atoms with van der Waals surface area (Å²) >= 11 is 0. The van der Waals surface area contributed by atoms with Gasteiger partial charge < -0.3 is 20.5 Å². The maximum atomic E-state index is 9.86. The number of anilines is 1. The van der Waals surface area contributed by atoms with Gasteiger partial charge in [0.1, 0.15) is 11.3 Å². The van der Waals surface area contributed by atoms with Gasteiger partial charge in [-0.15, -0.1) is 0 Å². The van der Waals surface area contributed by atoms with Gasteiger partial charge in [-0.05, 0) is 30.2 Å². The number of nitrogens with two attached hydrogens (primary N) is 1. The largest absolute Gasteiger partial charge is 0.504 e. The van der Waals surface area contributed by atoms with Gasteiger partial charge in [0.2, 0.25) is 0 Å². The van der Waals surface area contributed by atoms with Gasteiger partial charge in [0.15, 0.2) is 17.3 Å². The number of aryl methyl sites for hydroxylation is 1. The Kier molecular flexibility index (Phi) is 9.48. The van der Waals surface area contributed by atoms with Gasteiger partial charge in [-0.1, -0.05) is 76.8 Å². The zero-order chi connectivity index (χ0) is 24.4. The molecule has 174 valence electrons. The standard InChI is InChI=1S/C21H22N4O2.C4H6.C2H6/c1-2-3-8-18-24-19-20(14-6-4-5-7-15(14)23-21(19)22)25(18)12-13-9-10-16(26)17(27)11-13;1-3-4-2;1-2/h4-7,9-11,26-27H,2-3,8,12H2,1H3,(H2,22,23);3-4H,1-2H2;1-2H3. The van der Waals surface area contributed by atoms with Crippen molar-refractivity contribution in [3.8, 4) is 11.5 Å². The van der Waals surface area contributed by atoms with Gasteiger partial charge >= 0.3 is 0 Å². The maximum Gasteiger partial charge on any atom is 0.157 e. The summed E-state index contributed by atoms with van der Waals surface area (Å²) in [6, 6.07) is 12.8. The monoisotopic (exact) mass is 446 g/mol. The number of nitrogens with zero attached hydrogens (tertiary/aromatic N) is 3. The number of allylic oxidation sites excluding steroid dienone is 2. The summed E-state index contributed by atoms with van der Waals surface area (Å²) in [4.78, 5) is 9.30. The zero-order valence-corrected chi connectivity index (χ0v) is 19.8. The van der Waals surface area contributed by atoms with Crippen molar-refractivity contribution in [2.24, 2.45) is 0 Å². The number of phenolic OH excluding ortho intramolecular Hbond substituents is 2. The summed E-state index contributed by atoms with van der Waals surface area (Å²) < 4.78 is 2.15. The molecule has 0 radical (unpaired) electrons. The summed E-state index contributed by atoms with van der Waals surface area (Å²) in [6.07, 6.45) is 6.20. The Morgan fingerprint density at radius 2 is 1.70 bits per heavy atom. The van der Waals surface area contributed by atoms with E-state index in [1.165, 1.54) is 6.07 Å². The van der Waals surface area contributed by atoms with Crippen LogP contribution in [0.2, 0.25) is 0 Å². The molecule has 6 heteroatoms. The molecule has 0 saturated heterocycles. The predicted octanol–water partition coefficient (Wildman–Crippen LogP) is 6.35. The molecule has 4 aromatic rings. The van der Waals surface area contributed by atoms with Gasteiger partial charge in [-0.2, -0.15) is 0 Å². The normalized spacial score (nSPS) is 10.2. The molecule has 4 rings (SSSR count). The molecule has 0 bridgehead atoms. The Hall–Kier alpha value is -3.80. The molecule has 0 fully saturated rings. The van der Waals surface area contributed by atoms with Crippen molar-refractivity contribution >= 4 is 27.8 Å². The summed E-state index contributed by atoms with van der Waals surface area (Å²) in [5.41, 5.74) is 9.59. The molecule has 4 N–H and O–H groups in total. The molecule has 33 heavy (non-hydrogen) atoms. The summed E-state index contributed by atoms with van der Waals surface area (Å²) in [5, 5.41) is 20.5. The first kappa shape index (κ1) is 25.5. The average Bonchev–Trinajstić information content (AvgIpc) is 3.20. The molecule has 2 aromatic carbocycles. The first-order chi connectivity index (χ1) is 16.0. The van der Waals surface area contributed by atoms with Crippen LogP contribution in [0.25, 0.3) is 21.9 Å². The van der Waals surface area contributed by atoms with Crippen LogP contribution in [0, 0.1) is 0 Å². The fraction of sp³-hybridized carbons (Fsp3) is 0.259. The quantitative estimate of drug-likeness (QED) is 0.237. The third kappa shape index (κ3) is 5.92. The molecule has 6 nitrogen and oxygen atoms in total. The molecule has 0 unspecified atom stereocenters. The molecule has 0 aliphatic rings. The number of rotatable bonds is 6. The molecule has 2 aromatic heterocycles. The van der Waals surface area contributed by atoms with Crippen LogP contribution in [0.1, 0.15) is 45.0 Å². The number of fused-ring (bicyclic) bond motifs is 3. The van der Waals surface area contributed by atoms with Crippen molar-refractivity contribution in [1.29, 1.82) is 0 Å². The van der Waals surface area contributed by atoms with E-state index in [1.807, 2.05) is 38.1 Å². The second-order valence-corrected chi connectivity index (χ2v) is 7.22. The van der Waals surface area contributed by atoms with E-state index in [-0.39, 0.29) is 11.5 Å². The predicted molar refractivity (Wildman–Crippen MR) is 139 cm³/mol. The second-order valence-electron chi connectivity index (χ2n) is 7.22. The fourth-order valence-corrected chi connectivity index (χ4v) is 3.45. The number of nitrogen functional groups attached to an aromatic ring is 1. The zero-order valence-electron chi connectivity index (χ0n) is 19.8. The van der Waals surface area contributed by atoms with Crippen LogP contribution in [0.5, 0.6) is 11.5 Å². The Morgan fingerprint density at radius 3 is 2.33 bits per heavy atom. The van der Waals surface area contributed by atoms with E-state index in [9.17, 15) is 10.2 Å². The molecule has 0 amide bonds. The minimum atomic E-state index is -0.127. The summed E-state index contributed by atoms with van der Waals surface area (Å²) in [7, 11) is 0. The number of imidazole rings is 1. The first-order valence-electron chi connectivity index (χ1n) is 11.3. The van der Waals surface area contributed by atoms with E-state index in [0.29, 0.717) is 17.9 Å². The van der Waals surface area contributed by atoms with E-state index in [4.69, 9.17) is 10.7 Å². The van der Waals surface area contributed by atoms with Crippen molar-refractivity contribution in [3.63, 3.8) is 0 Å². The third-order valence-electron chi connectivity index (χ3n) is 4.99. The van der Waals surface area contributed by atoms with Gasteiger partial charge in [0.05, 0.1) is 11.0 Å². The second kappa shape index (κ2) is 12.3. The Balaban J connectivity index is 0.000000582. The van der Waals surface area contributed by atoms with Crippen LogP contribution in [-0.4, -0.2) is 24.7 Å². The van der Waals surface area contributed by atoms with Gasteiger partial charge in [-0.3, -0.25) is 0 Å². The lowest BCUT2D eigenvalue weighted by Crippen LogP contribution is -2.06. The van der Waals surface area contributed by atoms with E-state index in [2.05, 4.69) is 29.6 Å². The summed E-state index contributed by atoms with van der Waals surface area (Å²) in [5.74, 6) is 1.12. The number of phenols is 2. The first-order valence-corrected chi connectivity index (χ1v) is 11.3. The van der Waals surface area contributed by atoms with E-state index in [0.717, 1.165) is 47.1 Å². The highest BCUT2D eigenvalue weighted by atomic mass is 16.3. The number of unbranched alkanes of at least 4 members (excludes halogenated alkanes) is 1. The van der Waals surface area contributed by atoms with Crippen molar-refractivity contribution in [1.82, 2.24) is 14.5 Å². The van der Waals surface area contributed by atoms with Crippen LogP contribution < -0.4 is 5.73 Å². The van der Waals surface area contributed by atoms with Crippen LogP contribution in [0.4, 0.5) is 5.82 Å². The lowest BCUT2D eigenvalue weighted by molar-refractivity contribution is 0.403. The number of aromatic nitrogens is 3. The van der Waals surface area contributed by atoms with E-state index >= 15 is 0 Å². The van der Waals surface area contributed by atoms with Crippen LogP contribution in [-0.2, 0) is 13.0 Å². The van der Waals surface area contributed by atoms with Gasteiger partial charge in [-0.25, -0.2) is 9.97 Å². The molecule has 0 spiro atoms. The lowest BCUT2D eigenvalue weighted by atomic mass is 10.1. The Morgan fingerprint density at radius 1 is 1.00 bits per heavy atom. The van der Waals surface area contributed by atoms with Crippen LogP contribution in [0.3, 0.4) is 0 Å². The molecule has 0 aliphatic heterocycles. The number of pyridine rings is 1. The lowest BCUT2D eigenvalue weighted by Gasteiger charge is -2.12. The SMILES string of the molecule is C=CC=C.CC.CCCCc1nc2c(N)nc3ccccc3c2n1Cc1ccc(O)c(O)c1. The number of hydrogen-bond acceptors (Lipinski definition) is 5. The molecule has 2 heterocycles. The number of para-hydroxylation sites is 1. The van der Waals surface area contributed by atoms with E-state index in [1.54, 1.807) is 24.3 Å². The molecule has 0 atom stereocenters. The Labute approximate surface area is 195 Å². The van der Waals surface area contributed by atoms with Gasteiger partial charge in [0, 0.05) is 18.4 Å². The van der Waals surface area contributed by atoms with Gasteiger partial charge in [0.25, 0.3) is 0 Å². The highest BCUT2D eigenvalue weighted by Gasteiger charge is 2.17. The van der Waals surface area contributed by atoms with Crippen molar-refractivity contribution in [3.05, 3.63) is 79.2 Å².